The van der Waals surface area contributed by atoms with Crippen LogP contribution in [0, 0.1) is 5.82 Å². The number of hydrogen-bond acceptors (Lipinski definition) is 4. The molecule has 1 fully saturated rings. The molecule has 2 amide bonds. The van der Waals surface area contributed by atoms with E-state index in [4.69, 9.17) is 0 Å². The lowest BCUT2D eigenvalue weighted by Gasteiger charge is -2.21. The van der Waals surface area contributed by atoms with Gasteiger partial charge in [-0.05, 0) is 18.6 Å². The summed E-state index contributed by atoms with van der Waals surface area (Å²) in [5, 5.41) is 2.53. The fraction of sp³-hybridized carbons (Fsp3) is 0.389. The van der Waals surface area contributed by atoms with Crippen LogP contribution in [0.25, 0.3) is 10.6 Å². The maximum absolute atomic E-state index is 13.3. The van der Waals surface area contributed by atoms with Crippen molar-refractivity contribution in [3.63, 3.8) is 0 Å². The zero-order chi connectivity index (χ0) is 17.8. The van der Waals surface area contributed by atoms with Gasteiger partial charge in [-0.15, -0.1) is 11.3 Å². The van der Waals surface area contributed by atoms with E-state index in [1.807, 2.05) is 5.38 Å². The van der Waals surface area contributed by atoms with Crippen molar-refractivity contribution in [3.05, 3.63) is 41.2 Å². The summed E-state index contributed by atoms with van der Waals surface area (Å²) < 4.78 is 13.3. The summed E-state index contributed by atoms with van der Waals surface area (Å²) in [5.74, 6) is -0.177. The second-order valence-corrected chi connectivity index (χ2v) is 6.99. The Kier molecular flexibility index (Phi) is 5.43. The smallest absolute Gasteiger partial charge is 0.228 e. The van der Waals surface area contributed by atoms with Crippen LogP contribution in [0.1, 0.15) is 18.5 Å². The van der Waals surface area contributed by atoms with Gasteiger partial charge in [0.15, 0.2) is 0 Å². The molecular formula is C18H20FN3O2S. The quantitative estimate of drug-likeness (QED) is 0.795. The Morgan fingerprint density at radius 1 is 1.44 bits per heavy atom. The number of hydrogen-bond donors (Lipinski definition) is 0. The maximum atomic E-state index is 13.3. The molecule has 0 aliphatic carbocycles. The Hall–Kier alpha value is -2.28. The highest BCUT2D eigenvalue weighted by atomic mass is 32.1. The molecule has 25 heavy (non-hydrogen) atoms. The lowest BCUT2D eigenvalue weighted by atomic mass is 10.2. The molecule has 1 aliphatic heterocycles. The van der Waals surface area contributed by atoms with Gasteiger partial charge in [0, 0.05) is 44.0 Å². The number of aromatic nitrogens is 1. The summed E-state index contributed by atoms with van der Waals surface area (Å²) in [6.07, 6.45) is 1.72. The molecule has 0 saturated carbocycles. The highest BCUT2D eigenvalue weighted by Gasteiger charge is 2.21. The molecule has 1 aliphatic rings. The molecule has 0 radical (unpaired) electrons. The van der Waals surface area contributed by atoms with Crippen LogP contribution < -0.4 is 0 Å². The van der Waals surface area contributed by atoms with E-state index in [-0.39, 0.29) is 24.1 Å². The fourth-order valence-corrected chi connectivity index (χ4v) is 3.58. The minimum Gasteiger partial charge on any atom is -0.344 e. The van der Waals surface area contributed by atoms with E-state index in [1.54, 1.807) is 29.0 Å². The van der Waals surface area contributed by atoms with Crippen molar-refractivity contribution in [2.24, 2.45) is 0 Å². The number of halogens is 1. The van der Waals surface area contributed by atoms with Crippen LogP contribution >= 0.6 is 11.3 Å². The predicted octanol–water partition coefficient (Wildman–Crippen LogP) is 2.57. The van der Waals surface area contributed by atoms with Crippen LogP contribution in [0.5, 0.6) is 0 Å². The Bertz CT molecular complexity index is 777. The van der Waals surface area contributed by atoms with Crippen LogP contribution in [0.15, 0.2) is 29.6 Å². The molecule has 0 spiro atoms. The monoisotopic (exact) mass is 361 g/mol. The Morgan fingerprint density at radius 2 is 2.28 bits per heavy atom. The molecular weight excluding hydrogens is 341 g/mol. The molecule has 1 aromatic heterocycles. The topological polar surface area (TPSA) is 53.5 Å². The molecule has 1 saturated heterocycles. The number of benzene rings is 1. The molecule has 132 valence electrons. The normalized spacial score (nSPS) is 14.2. The average molecular weight is 361 g/mol. The van der Waals surface area contributed by atoms with Gasteiger partial charge in [-0.1, -0.05) is 12.1 Å². The van der Waals surface area contributed by atoms with Crippen molar-refractivity contribution in [3.8, 4) is 10.6 Å². The Morgan fingerprint density at radius 3 is 3.00 bits per heavy atom. The minimum absolute atomic E-state index is 0.0391. The number of rotatable bonds is 6. The summed E-state index contributed by atoms with van der Waals surface area (Å²) >= 11 is 1.40. The number of carbonyl (C=O) groups excluding carboxylic acids is 2. The number of likely N-dealkylation sites (tertiary alicyclic amines) is 1. The first-order valence-corrected chi connectivity index (χ1v) is 9.13. The van der Waals surface area contributed by atoms with E-state index in [0.717, 1.165) is 13.0 Å². The third-order valence-corrected chi connectivity index (χ3v) is 5.20. The zero-order valence-corrected chi connectivity index (χ0v) is 14.9. The molecule has 0 N–H and O–H groups in total. The first kappa shape index (κ1) is 17.5. The lowest BCUT2D eigenvalue weighted by molar-refractivity contribution is -0.132. The highest BCUT2D eigenvalue weighted by molar-refractivity contribution is 7.13. The molecule has 2 heterocycles. The van der Waals surface area contributed by atoms with Gasteiger partial charge in [0.25, 0.3) is 0 Å². The summed E-state index contributed by atoms with van der Waals surface area (Å²) in [4.78, 5) is 31.8. The molecule has 0 bridgehead atoms. The fourth-order valence-electron chi connectivity index (χ4n) is 2.77. The second-order valence-electron chi connectivity index (χ2n) is 6.13. The van der Waals surface area contributed by atoms with Gasteiger partial charge in [-0.25, -0.2) is 9.37 Å². The summed E-state index contributed by atoms with van der Waals surface area (Å²) in [5.41, 5.74) is 1.39. The van der Waals surface area contributed by atoms with Gasteiger partial charge in [0.05, 0.1) is 12.1 Å². The Labute approximate surface area is 150 Å². The third kappa shape index (κ3) is 4.42. The van der Waals surface area contributed by atoms with Gasteiger partial charge in [-0.2, -0.15) is 0 Å². The SMILES string of the molecule is CN(CCN1CCCC1=O)C(=O)Cc1csc(-c2cccc(F)c2)n1. The average Bonchev–Trinajstić information content (AvgIpc) is 3.21. The molecule has 0 atom stereocenters. The van der Waals surface area contributed by atoms with Crippen molar-refractivity contribution in [1.82, 2.24) is 14.8 Å². The first-order valence-electron chi connectivity index (χ1n) is 8.25. The summed E-state index contributed by atoms with van der Waals surface area (Å²) in [6.45, 7) is 1.88. The maximum Gasteiger partial charge on any atom is 0.228 e. The van der Waals surface area contributed by atoms with E-state index in [9.17, 15) is 14.0 Å². The number of likely N-dealkylation sites (N-methyl/N-ethyl adjacent to an activating group) is 1. The van der Waals surface area contributed by atoms with Crippen molar-refractivity contribution < 1.29 is 14.0 Å². The zero-order valence-electron chi connectivity index (χ0n) is 14.1. The van der Waals surface area contributed by atoms with E-state index >= 15 is 0 Å². The number of carbonyl (C=O) groups is 2. The predicted molar refractivity (Wildman–Crippen MR) is 94.7 cm³/mol. The van der Waals surface area contributed by atoms with E-state index in [0.29, 0.717) is 35.8 Å². The molecule has 2 aromatic rings. The van der Waals surface area contributed by atoms with Gasteiger partial charge < -0.3 is 9.80 Å². The molecule has 1 aromatic carbocycles. The highest BCUT2D eigenvalue weighted by Crippen LogP contribution is 2.24. The molecule has 5 nitrogen and oxygen atoms in total. The minimum atomic E-state index is -0.304. The van der Waals surface area contributed by atoms with Gasteiger partial charge in [0.1, 0.15) is 10.8 Å². The number of amides is 2. The largest absolute Gasteiger partial charge is 0.344 e. The first-order chi connectivity index (χ1) is 12.0. The van der Waals surface area contributed by atoms with Gasteiger partial charge in [-0.3, -0.25) is 9.59 Å². The second kappa shape index (κ2) is 7.74. The van der Waals surface area contributed by atoms with Crippen molar-refractivity contribution in [1.29, 1.82) is 0 Å². The van der Waals surface area contributed by atoms with E-state index < -0.39 is 0 Å². The van der Waals surface area contributed by atoms with Crippen LogP contribution in [-0.4, -0.2) is 53.3 Å². The van der Waals surface area contributed by atoms with E-state index in [1.165, 1.54) is 23.5 Å². The molecule has 3 rings (SSSR count). The van der Waals surface area contributed by atoms with Crippen molar-refractivity contribution in [2.45, 2.75) is 19.3 Å². The summed E-state index contributed by atoms with van der Waals surface area (Å²) in [7, 11) is 1.74. The van der Waals surface area contributed by atoms with Crippen LogP contribution in [0.2, 0.25) is 0 Å². The number of nitrogens with zero attached hydrogens (tertiary/aromatic N) is 3. The standard InChI is InChI=1S/C18H20FN3O2S/c1-21(8-9-22-7-3-6-16(22)23)17(24)11-15-12-25-18(20-15)13-4-2-5-14(19)10-13/h2,4-5,10,12H,3,6-9,11H2,1H3. The molecule has 0 unspecified atom stereocenters. The van der Waals surface area contributed by atoms with E-state index in [2.05, 4.69) is 4.98 Å². The van der Waals surface area contributed by atoms with Crippen molar-refractivity contribution in [2.75, 3.05) is 26.7 Å². The number of thiazole rings is 1. The van der Waals surface area contributed by atoms with Crippen LogP contribution in [0.3, 0.4) is 0 Å². The Balaban J connectivity index is 1.55. The van der Waals surface area contributed by atoms with Crippen LogP contribution in [-0.2, 0) is 16.0 Å². The van der Waals surface area contributed by atoms with Crippen LogP contribution in [0.4, 0.5) is 4.39 Å². The molecule has 7 heteroatoms. The van der Waals surface area contributed by atoms with Crippen molar-refractivity contribution >= 4 is 23.2 Å². The van der Waals surface area contributed by atoms with Gasteiger partial charge >= 0.3 is 0 Å². The third-order valence-electron chi connectivity index (χ3n) is 4.26. The lowest BCUT2D eigenvalue weighted by Crippen LogP contribution is -2.37. The summed E-state index contributed by atoms with van der Waals surface area (Å²) in [6, 6.07) is 6.27. The van der Waals surface area contributed by atoms with Gasteiger partial charge in [0.2, 0.25) is 11.8 Å².